The molecule has 1 amide bonds. The van der Waals surface area contributed by atoms with Crippen LogP contribution in [0.4, 0.5) is 0 Å². The van der Waals surface area contributed by atoms with Gasteiger partial charge in [-0.1, -0.05) is 55.5 Å². The van der Waals surface area contributed by atoms with Crippen molar-refractivity contribution in [3.8, 4) is 17.2 Å². The molecule has 0 bridgehead atoms. The molecule has 0 unspecified atom stereocenters. The summed E-state index contributed by atoms with van der Waals surface area (Å²) < 4.78 is 34.4. The minimum atomic E-state index is -3.91. The fourth-order valence-electron chi connectivity index (χ4n) is 4.81. The zero-order valence-corrected chi connectivity index (χ0v) is 23.1. The largest absolute Gasteiger partial charge is 0.394 e. The van der Waals surface area contributed by atoms with Crippen LogP contribution < -0.4 is 0 Å². The fourth-order valence-corrected chi connectivity index (χ4v) is 6.04. The van der Waals surface area contributed by atoms with E-state index in [1.807, 2.05) is 55.5 Å². The smallest absolute Gasteiger partial charge is 0.254 e. The predicted octanol–water partition coefficient (Wildman–Crippen LogP) is 3.90. The topological polar surface area (TPSA) is 111 Å². The lowest BCUT2D eigenvalue weighted by molar-refractivity contribution is -0.0146. The molecule has 3 aromatic rings. The van der Waals surface area contributed by atoms with Crippen LogP contribution in [0.1, 0.15) is 35.3 Å². The van der Waals surface area contributed by atoms with Crippen LogP contribution in [0.25, 0.3) is 11.1 Å². The molecule has 39 heavy (non-hydrogen) atoms. The number of sulfonamides is 1. The predicted molar refractivity (Wildman–Crippen MR) is 148 cm³/mol. The van der Waals surface area contributed by atoms with Crippen LogP contribution >= 0.6 is 0 Å². The quantitative estimate of drug-likeness (QED) is 0.501. The summed E-state index contributed by atoms with van der Waals surface area (Å²) in [7, 11) is -2.42. The van der Waals surface area contributed by atoms with Gasteiger partial charge in [0.15, 0.2) is 0 Å². The number of hydrogen-bond donors (Lipinski definition) is 1. The van der Waals surface area contributed by atoms with Gasteiger partial charge in [0.2, 0.25) is 10.0 Å². The zero-order chi connectivity index (χ0) is 28.2. The van der Waals surface area contributed by atoms with Crippen LogP contribution in [-0.4, -0.2) is 67.5 Å². The van der Waals surface area contributed by atoms with E-state index in [0.717, 1.165) is 16.7 Å². The molecule has 0 saturated heterocycles. The molecule has 1 N–H and O–H groups in total. The van der Waals surface area contributed by atoms with Gasteiger partial charge in [-0.3, -0.25) is 4.79 Å². The van der Waals surface area contributed by atoms with Crippen molar-refractivity contribution in [1.82, 2.24) is 9.21 Å². The number of hydrogen-bond acceptors (Lipinski definition) is 6. The van der Waals surface area contributed by atoms with Crippen molar-refractivity contribution in [2.24, 2.45) is 5.92 Å². The number of nitrogens with zero attached hydrogens (tertiary/aromatic N) is 3. The van der Waals surface area contributed by atoms with Crippen LogP contribution in [-0.2, 0) is 21.4 Å². The summed E-state index contributed by atoms with van der Waals surface area (Å²) in [6.07, 6.45) is -0.570. The number of rotatable bonds is 6. The van der Waals surface area contributed by atoms with Crippen molar-refractivity contribution in [1.29, 1.82) is 5.26 Å². The third kappa shape index (κ3) is 6.05. The highest BCUT2D eigenvalue weighted by atomic mass is 32.2. The molecule has 0 saturated carbocycles. The van der Waals surface area contributed by atoms with Gasteiger partial charge in [0.1, 0.15) is 0 Å². The molecular weight excluding hydrogens is 514 g/mol. The Bertz CT molecular complexity index is 1480. The van der Waals surface area contributed by atoms with Crippen molar-refractivity contribution < 1.29 is 23.1 Å². The van der Waals surface area contributed by atoms with E-state index >= 15 is 0 Å². The Labute approximate surface area is 230 Å². The minimum Gasteiger partial charge on any atom is -0.394 e. The van der Waals surface area contributed by atoms with Gasteiger partial charge in [-0.2, -0.15) is 9.57 Å². The number of aliphatic hydroxyl groups is 1. The first-order valence-corrected chi connectivity index (χ1v) is 14.3. The summed E-state index contributed by atoms with van der Waals surface area (Å²) in [6, 6.07) is 22.5. The summed E-state index contributed by atoms with van der Waals surface area (Å²) >= 11 is 0. The highest BCUT2D eigenvalue weighted by molar-refractivity contribution is 7.89. The molecule has 204 valence electrons. The number of carbonyl (C=O) groups excluding carboxylic acids is 1. The maximum atomic E-state index is 13.9. The third-order valence-corrected chi connectivity index (χ3v) is 9.02. The first-order chi connectivity index (χ1) is 18.7. The molecule has 1 aliphatic rings. The first-order valence-electron chi connectivity index (χ1n) is 12.8. The van der Waals surface area contributed by atoms with Crippen LogP contribution in [0.3, 0.4) is 0 Å². The maximum Gasteiger partial charge on any atom is 0.254 e. The Morgan fingerprint density at radius 3 is 2.44 bits per heavy atom. The monoisotopic (exact) mass is 547 g/mol. The Hall–Kier alpha value is -3.55. The summed E-state index contributed by atoms with van der Waals surface area (Å²) in [5, 5.41) is 19.2. The van der Waals surface area contributed by atoms with E-state index in [-0.39, 0.29) is 48.6 Å². The molecule has 1 aliphatic heterocycles. The Kier molecular flexibility index (Phi) is 8.83. The van der Waals surface area contributed by atoms with E-state index in [1.165, 1.54) is 23.5 Å². The van der Waals surface area contributed by atoms with Crippen molar-refractivity contribution >= 4 is 15.9 Å². The van der Waals surface area contributed by atoms with Gasteiger partial charge < -0.3 is 14.7 Å². The lowest BCUT2D eigenvalue weighted by atomic mass is 9.94. The van der Waals surface area contributed by atoms with E-state index < -0.39 is 22.2 Å². The first kappa shape index (κ1) is 28.5. The second-order valence-corrected chi connectivity index (χ2v) is 12.0. The highest BCUT2D eigenvalue weighted by Gasteiger charge is 2.32. The van der Waals surface area contributed by atoms with Gasteiger partial charge in [-0.15, -0.1) is 0 Å². The molecular formula is C30H33N3O5S. The molecule has 9 heteroatoms. The van der Waals surface area contributed by atoms with E-state index in [0.29, 0.717) is 5.56 Å². The van der Waals surface area contributed by atoms with Gasteiger partial charge in [0.25, 0.3) is 5.91 Å². The van der Waals surface area contributed by atoms with Gasteiger partial charge in [-0.25, -0.2) is 8.42 Å². The SMILES string of the molecule is C[C@H]1CN([C@@H](C)CO)C(=O)c2ccccc2-c2ccccc2CO[C@H]1CN(C)S(=O)(=O)c1cccc(C#N)c1. The summed E-state index contributed by atoms with van der Waals surface area (Å²) in [6.45, 7) is 4.00. The number of amides is 1. The van der Waals surface area contributed by atoms with Crippen LogP contribution in [0, 0.1) is 17.2 Å². The number of aliphatic hydroxyl groups excluding tert-OH is 1. The second kappa shape index (κ2) is 12.1. The van der Waals surface area contributed by atoms with E-state index in [4.69, 9.17) is 4.74 Å². The van der Waals surface area contributed by atoms with E-state index in [9.17, 15) is 23.6 Å². The molecule has 0 aliphatic carbocycles. The normalized spacial score (nSPS) is 19.0. The average Bonchev–Trinajstić information content (AvgIpc) is 2.98. The molecule has 3 atom stereocenters. The lowest BCUT2D eigenvalue weighted by Crippen LogP contribution is -2.47. The second-order valence-electron chi connectivity index (χ2n) is 9.94. The van der Waals surface area contributed by atoms with Crippen LogP contribution in [0.2, 0.25) is 0 Å². The fraction of sp³-hybridized carbons (Fsp3) is 0.333. The minimum absolute atomic E-state index is 0.0277. The molecule has 0 fully saturated rings. The molecule has 0 radical (unpaired) electrons. The van der Waals surface area contributed by atoms with Crippen molar-refractivity contribution in [2.45, 2.75) is 37.5 Å². The van der Waals surface area contributed by atoms with Crippen LogP contribution in [0.5, 0.6) is 0 Å². The summed E-state index contributed by atoms with van der Waals surface area (Å²) in [5.41, 5.74) is 3.31. The zero-order valence-electron chi connectivity index (χ0n) is 22.3. The van der Waals surface area contributed by atoms with E-state index in [1.54, 1.807) is 30.0 Å². The number of ether oxygens (including phenoxy) is 1. The molecule has 0 spiro atoms. The lowest BCUT2D eigenvalue weighted by Gasteiger charge is -2.35. The molecule has 3 aromatic carbocycles. The molecule has 1 heterocycles. The van der Waals surface area contributed by atoms with Gasteiger partial charge in [0.05, 0.1) is 41.9 Å². The number of likely N-dealkylation sites (N-methyl/N-ethyl adjacent to an activating group) is 1. The van der Waals surface area contributed by atoms with Gasteiger partial charge >= 0.3 is 0 Å². The van der Waals surface area contributed by atoms with Gasteiger partial charge in [-0.05, 0) is 47.9 Å². The standard InChI is InChI=1S/C30H33N3O5S/c1-21-17-33(22(2)19-34)30(35)28-14-7-6-13-27(28)26-12-5-4-10-24(26)20-38-29(21)18-32(3)39(36,37)25-11-8-9-23(15-25)16-31/h4-15,21-22,29,34H,17-20H2,1-3H3/t21-,22-,29-/m0/s1. The molecule has 4 rings (SSSR count). The Morgan fingerprint density at radius 1 is 1.08 bits per heavy atom. The third-order valence-electron chi connectivity index (χ3n) is 7.20. The number of nitriles is 1. The summed E-state index contributed by atoms with van der Waals surface area (Å²) in [4.78, 5) is 15.6. The number of benzene rings is 3. The Morgan fingerprint density at radius 2 is 1.74 bits per heavy atom. The molecule has 0 aromatic heterocycles. The maximum absolute atomic E-state index is 13.9. The summed E-state index contributed by atoms with van der Waals surface area (Å²) in [5.74, 6) is -0.479. The van der Waals surface area contributed by atoms with Crippen molar-refractivity contribution in [3.63, 3.8) is 0 Å². The number of fused-ring (bicyclic) bond motifs is 3. The van der Waals surface area contributed by atoms with Crippen molar-refractivity contribution in [3.05, 3.63) is 89.5 Å². The van der Waals surface area contributed by atoms with Gasteiger partial charge in [0, 0.05) is 31.6 Å². The van der Waals surface area contributed by atoms with Crippen LogP contribution in [0.15, 0.2) is 77.7 Å². The van der Waals surface area contributed by atoms with Crippen molar-refractivity contribution in [2.75, 3.05) is 26.7 Å². The van der Waals surface area contributed by atoms with E-state index in [2.05, 4.69) is 0 Å². The number of carbonyl (C=O) groups is 1. The highest BCUT2D eigenvalue weighted by Crippen LogP contribution is 2.31. The molecule has 8 nitrogen and oxygen atoms in total. The average molecular weight is 548 g/mol. The Balaban J connectivity index is 1.73.